The van der Waals surface area contributed by atoms with E-state index in [2.05, 4.69) is 10.6 Å². The summed E-state index contributed by atoms with van der Waals surface area (Å²) in [6.45, 7) is 1.62. The van der Waals surface area contributed by atoms with Gasteiger partial charge in [-0.05, 0) is 76.5 Å². The van der Waals surface area contributed by atoms with Crippen LogP contribution in [0.4, 0.5) is 9.59 Å². The molecule has 4 N–H and O–H groups in total. The normalized spacial score (nSPS) is 31.0. The van der Waals surface area contributed by atoms with Crippen LogP contribution in [0.1, 0.15) is 64.7 Å². The molecule has 0 bridgehead atoms. The Morgan fingerprint density at radius 3 is 1.88 bits per heavy atom. The Morgan fingerprint density at radius 2 is 1.44 bits per heavy atom. The van der Waals surface area contributed by atoms with Crippen LogP contribution in [-0.2, 0) is 4.74 Å². The molecule has 0 aromatic carbocycles. The Balaban J connectivity index is 1.59. The summed E-state index contributed by atoms with van der Waals surface area (Å²) in [5.74, 6) is 1.41. The van der Waals surface area contributed by atoms with Crippen molar-refractivity contribution in [3.63, 3.8) is 0 Å². The number of nitrogens with one attached hydrogen (secondary N) is 2. The van der Waals surface area contributed by atoms with Gasteiger partial charge in [0.05, 0.1) is 6.10 Å². The van der Waals surface area contributed by atoms with Gasteiger partial charge in [0.2, 0.25) is 0 Å². The second kappa shape index (κ2) is 9.85. The molecule has 0 aliphatic heterocycles. The Kier molecular flexibility index (Phi) is 7.81. The molecule has 25 heavy (non-hydrogen) atoms. The average molecular weight is 356 g/mol. The standard InChI is InChI=1S/C18H32N2O5/c1-12(21)11-25-18(24)20-16-8-4-14(5-9-16)10-13-2-6-15(7-3-13)19-17(22)23/h12-16,19,21H,2-11H2,1H3,(H,20,24)(H,22,23). The third-order valence-electron chi connectivity index (χ3n) is 5.47. The number of carbonyl (C=O) groups is 2. The minimum absolute atomic E-state index is 0.0284. The van der Waals surface area contributed by atoms with Gasteiger partial charge in [0.15, 0.2) is 0 Å². The highest BCUT2D eigenvalue weighted by Crippen LogP contribution is 2.35. The van der Waals surface area contributed by atoms with Crippen LogP contribution in [-0.4, -0.2) is 47.2 Å². The van der Waals surface area contributed by atoms with Gasteiger partial charge in [-0.15, -0.1) is 0 Å². The fourth-order valence-electron chi connectivity index (χ4n) is 4.14. The molecule has 0 spiro atoms. The predicted octanol–water partition coefficient (Wildman–Crippen LogP) is 2.87. The number of amides is 2. The highest BCUT2D eigenvalue weighted by molar-refractivity contribution is 5.67. The smallest absolute Gasteiger partial charge is 0.407 e. The summed E-state index contributed by atoms with van der Waals surface area (Å²) < 4.78 is 4.94. The van der Waals surface area contributed by atoms with E-state index in [1.807, 2.05) is 0 Å². The highest BCUT2D eigenvalue weighted by atomic mass is 16.6. The SMILES string of the molecule is CC(O)COC(=O)NC1CCC(CC2CCC(NC(=O)O)CC2)CC1. The van der Waals surface area contributed by atoms with Crippen molar-refractivity contribution in [3.05, 3.63) is 0 Å². The van der Waals surface area contributed by atoms with Crippen LogP contribution in [0.2, 0.25) is 0 Å². The largest absolute Gasteiger partial charge is 0.465 e. The van der Waals surface area contributed by atoms with Crippen molar-refractivity contribution in [2.75, 3.05) is 6.61 Å². The lowest BCUT2D eigenvalue weighted by Crippen LogP contribution is -2.39. The van der Waals surface area contributed by atoms with Gasteiger partial charge < -0.3 is 25.6 Å². The summed E-state index contributed by atoms with van der Waals surface area (Å²) in [4.78, 5) is 22.3. The van der Waals surface area contributed by atoms with Crippen LogP contribution in [0.15, 0.2) is 0 Å². The maximum atomic E-state index is 11.6. The maximum Gasteiger partial charge on any atom is 0.407 e. The van der Waals surface area contributed by atoms with Gasteiger partial charge in [-0.3, -0.25) is 0 Å². The third-order valence-corrected chi connectivity index (χ3v) is 5.47. The van der Waals surface area contributed by atoms with Crippen molar-refractivity contribution in [2.45, 2.75) is 82.9 Å². The summed E-state index contributed by atoms with van der Waals surface area (Å²) in [5, 5.41) is 23.4. The number of hydrogen-bond donors (Lipinski definition) is 4. The van der Waals surface area contributed by atoms with E-state index in [-0.39, 0.29) is 18.7 Å². The predicted molar refractivity (Wildman–Crippen MR) is 93.4 cm³/mol. The third kappa shape index (κ3) is 7.50. The molecule has 144 valence electrons. The van der Waals surface area contributed by atoms with Gasteiger partial charge in [0.1, 0.15) is 6.61 Å². The summed E-state index contributed by atoms with van der Waals surface area (Å²) >= 11 is 0. The van der Waals surface area contributed by atoms with E-state index in [0.717, 1.165) is 51.4 Å². The van der Waals surface area contributed by atoms with Crippen molar-refractivity contribution in [2.24, 2.45) is 11.8 Å². The molecule has 0 aromatic heterocycles. The first kappa shape index (κ1) is 19.8. The summed E-state index contributed by atoms with van der Waals surface area (Å²) in [7, 11) is 0. The van der Waals surface area contributed by atoms with Crippen LogP contribution in [0.3, 0.4) is 0 Å². The molecule has 0 heterocycles. The molecule has 0 radical (unpaired) electrons. The molecule has 2 amide bonds. The molecule has 2 saturated carbocycles. The molecule has 0 saturated heterocycles. The van der Waals surface area contributed by atoms with E-state index < -0.39 is 18.3 Å². The first-order valence-electron chi connectivity index (χ1n) is 9.53. The van der Waals surface area contributed by atoms with Crippen molar-refractivity contribution < 1.29 is 24.5 Å². The van der Waals surface area contributed by atoms with Gasteiger partial charge >= 0.3 is 12.2 Å². The number of aliphatic hydroxyl groups excluding tert-OH is 1. The van der Waals surface area contributed by atoms with Crippen LogP contribution >= 0.6 is 0 Å². The number of alkyl carbamates (subject to hydrolysis) is 1. The molecular weight excluding hydrogens is 324 g/mol. The molecule has 2 rings (SSSR count). The highest BCUT2D eigenvalue weighted by Gasteiger charge is 2.28. The quantitative estimate of drug-likeness (QED) is 0.585. The number of rotatable bonds is 6. The topological polar surface area (TPSA) is 108 Å². The van der Waals surface area contributed by atoms with Gasteiger partial charge in [-0.1, -0.05) is 0 Å². The zero-order chi connectivity index (χ0) is 18.2. The zero-order valence-electron chi connectivity index (χ0n) is 15.1. The number of hydrogen-bond acceptors (Lipinski definition) is 4. The van der Waals surface area contributed by atoms with Crippen molar-refractivity contribution in [1.29, 1.82) is 0 Å². The lowest BCUT2D eigenvalue weighted by atomic mass is 9.76. The Morgan fingerprint density at radius 1 is 0.960 bits per heavy atom. The van der Waals surface area contributed by atoms with Crippen LogP contribution < -0.4 is 10.6 Å². The van der Waals surface area contributed by atoms with E-state index in [9.17, 15) is 9.59 Å². The van der Waals surface area contributed by atoms with Crippen LogP contribution in [0.25, 0.3) is 0 Å². The second-order valence-electron chi connectivity index (χ2n) is 7.71. The van der Waals surface area contributed by atoms with E-state index >= 15 is 0 Å². The Hall–Kier alpha value is -1.50. The van der Waals surface area contributed by atoms with E-state index in [4.69, 9.17) is 14.9 Å². The lowest BCUT2D eigenvalue weighted by Gasteiger charge is -2.34. The molecule has 1 unspecified atom stereocenters. The molecule has 0 aromatic rings. The van der Waals surface area contributed by atoms with Crippen molar-refractivity contribution in [3.8, 4) is 0 Å². The van der Waals surface area contributed by atoms with Gasteiger partial charge in [-0.25, -0.2) is 9.59 Å². The number of carbonyl (C=O) groups excluding carboxylic acids is 1. The molecule has 1 atom stereocenters. The monoisotopic (exact) mass is 356 g/mol. The first-order valence-corrected chi connectivity index (χ1v) is 9.53. The molecular formula is C18H32N2O5. The van der Waals surface area contributed by atoms with E-state index in [0.29, 0.717) is 11.8 Å². The zero-order valence-corrected chi connectivity index (χ0v) is 15.1. The summed E-state index contributed by atoms with van der Waals surface area (Å²) in [5.41, 5.74) is 0. The number of carboxylic acid groups (broad SMARTS) is 1. The molecule has 7 nitrogen and oxygen atoms in total. The minimum atomic E-state index is -0.916. The average Bonchev–Trinajstić information content (AvgIpc) is 2.56. The lowest BCUT2D eigenvalue weighted by molar-refractivity contribution is 0.0744. The Labute approximate surface area is 149 Å². The number of aliphatic hydroxyl groups is 1. The molecule has 2 aliphatic carbocycles. The fourth-order valence-corrected chi connectivity index (χ4v) is 4.14. The van der Waals surface area contributed by atoms with Crippen molar-refractivity contribution in [1.82, 2.24) is 10.6 Å². The van der Waals surface area contributed by atoms with Gasteiger partial charge in [0.25, 0.3) is 0 Å². The molecule has 7 heteroatoms. The van der Waals surface area contributed by atoms with E-state index in [1.54, 1.807) is 6.92 Å². The van der Waals surface area contributed by atoms with Crippen LogP contribution in [0, 0.1) is 11.8 Å². The van der Waals surface area contributed by atoms with Gasteiger partial charge in [-0.2, -0.15) is 0 Å². The van der Waals surface area contributed by atoms with Gasteiger partial charge in [0, 0.05) is 12.1 Å². The van der Waals surface area contributed by atoms with Crippen molar-refractivity contribution >= 4 is 12.2 Å². The Bertz CT molecular complexity index is 427. The fraction of sp³-hybridized carbons (Fsp3) is 0.889. The summed E-state index contributed by atoms with van der Waals surface area (Å²) in [6, 6.07) is 0.301. The molecule has 2 fully saturated rings. The first-order chi connectivity index (χ1) is 11.9. The van der Waals surface area contributed by atoms with E-state index in [1.165, 1.54) is 6.42 Å². The van der Waals surface area contributed by atoms with Crippen LogP contribution in [0.5, 0.6) is 0 Å². The minimum Gasteiger partial charge on any atom is -0.465 e. The molecule has 2 aliphatic rings. The summed E-state index contributed by atoms with van der Waals surface area (Å²) in [6.07, 6.45) is 7.53. The number of ether oxygens (including phenoxy) is 1. The second-order valence-corrected chi connectivity index (χ2v) is 7.71. The maximum absolute atomic E-state index is 11.6.